The van der Waals surface area contributed by atoms with Crippen LogP contribution < -0.4 is 4.90 Å². The van der Waals surface area contributed by atoms with Crippen LogP contribution in [-0.4, -0.2) is 59.3 Å². The second-order valence-corrected chi connectivity index (χ2v) is 8.54. The van der Waals surface area contributed by atoms with Crippen LogP contribution in [0.15, 0.2) is 29.6 Å². The van der Waals surface area contributed by atoms with Gasteiger partial charge in [-0.3, -0.25) is 14.5 Å². The number of benzene rings is 1. The Balaban J connectivity index is 1.33. The molecule has 1 aromatic carbocycles. The second-order valence-electron chi connectivity index (χ2n) is 7.48. The highest BCUT2D eigenvalue weighted by molar-refractivity contribution is 7.09. The van der Waals surface area contributed by atoms with Crippen molar-refractivity contribution >= 4 is 28.8 Å². The van der Waals surface area contributed by atoms with E-state index in [4.69, 9.17) is 0 Å². The smallest absolute Gasteiger partial charge is 0.253 e. The molecule has 0 bridgehead atoms. The Morgan fingerprint density at radius 3 is 2.46 bits per heavy atom. The van der Waals surface area contributed by atoms with Gasteiger partial charge in [-0.05, 0) is 44.0 Å². The fourth-order valence-electron chi connectivity index (χ4n) is 3.86. The molecule has 1 aromatic heterocycles. The van der Waals surface area contributed by atoms with Crippen LogP contribution >= 0.6 is 11.3 Å². The molecule has 0 radical (unpaired) electrons. The van der Waals surface area contributed by atoms with Crippen molar-refractivity contribution in [2.45, 2.75) is 32.7 Å². The van der Waals surface area contributed by atoms with Crippen molar-refractivity contribution in [3.8, 4) is 0 Å². The highest BCUT2D eigenvalue weighted by Crippen LogP contribution is 2.22. The number of aryl methyl sites for hydroxylation is 1. The van der Waals surface area contributed by atoms with E-state index >= 15 is 0 Å². The molecule has 4 rings (SSSR count). The average Bonchev–Trinajstić information content (AvgIpc) is 3.13. The SMILES string of the molecule is Cc1nc(CN2CCN(C(=O)c3ccc(N4CCCCC4=O)cc3)CC2)cs1. The van der Waals surface area contributed by atoms with E-state index in [9.17, 15) is 9.59 Å². The molecule has 0 N–H and O–H groups in total. The van der Waals surface area contributed by atoms with Gasteiger partial charge in [0, 0.05) is 62.3 Å². The predicted molar refractivity (Wildman–Crippen MR) is 111 cm³/mol. The first-order chi connectivity index (χ1) is 13.6. The zero-order chi connectivity index (χ0) is 19.5. The third-order valence-corrected chi connectivity index (χ3v) is 6.28. The molecule has 2 fully saturated rings. The number of piperidine rings is 1. The van der Waals surface area contributed by atoms with E-state index in [2.05, 4.69) is 15.3 Å². The molecule has 2 aliphatic heterocycles. The van der Waals surface area contributed by atoms with E-state index in [0.29, 0.717) is 12.0 Å². The predicted octanol–water partition coefficient (Wildman–Crippen LogP) is 2.93. The van der Waals surface area contributed by atoms with E-state index in [-0.39, 0.29) is 11.8 Å². The van der Waals surface area contributed by atoms with Gasteiger partial charge in [-0.25, -0.2) is 4.98 Å². The molecule has 2 aromatic rings. The monoisotopic (exact) mass is 398 g/mol. The van der Waals surface area contributed by atoms with E-state index in [0.717, 1.165) is 68.5 Å². The molecule has 2 saturated heterocycles. The number of hydrogen-bond acceptors (Lipinski definition) is 5. The van der Waals surface area contributed by atoms with Gasteiger partial charge in [0.2, 0.25) is 5.91 Å². The third-order valence-electron chi connectivity index (χ3n) is 5.46. The van der Waals surface area contributed by atoms with Gasteiger partial charge in [-0.1, -0.05) is 0 Å². The first-order valence-corrected chi connectivity index (χ1v) is 10.8. The van der Waals surface area contributed by atoms with Crippen molar-refractivity contribution in [1.82, 2.24) is 14.8 Å². The molecule has 28 heavy (non-hydrogen) atoms. The summed E-state index contributed by atoms with van der Waals surface area (Å²) in [5, 5.41) is 3.21. The van der Waals surface area contributed by atoms with Gasteiger partial charge in [0.05, 0.1) is 10.7 Å². The van der Waals surface area contributed by atoms with E-state index in [1.165, 1.54) is 0 Å². The molecule has 7 heteroatoms. The summed E-state index contributed by atoms with van der Waals surface area (Å²) < 4.78 is 0. The molecule has 3 heterocycles. The molecule has 2 amide bonds. The standard InChI is InChI=1S/C21H26N4O2S/c1-16-22-18(15-28-16)14-23-10-12-24(13-11-23)21(27)17-5-7-19(8-6-17)25-9-3-2-4-20(25)26/h5-8,15H,2-4,9-14H2,1H3. The van der Waals surface area contributed by atoms with E-state index in [1.54, 1.807) is 11.3 Å². The van der Waals surface area contributed by atoms with Crippen LogP contribution in [0.2, 0.25) is 0 Å². The number of aromatic nitrogens is 1. The number of carbonyl (C=O) groups excluding carboxylic acids is 2. The Bertz CT molecular complexity index is 840. The number of hydrogen-bond donors (Lipinski definition) is 0. The zero-order valence-electron chi connectivity index (χ0n) is 16.3. The lowest BCUT2D eigenvalue weighted by atomic mass is 10.1. The summed E-state index contributed by atoms with van der Waals surface area (Å²) in [7, 11) is 0. The molecular formula is C21H26N4O2S. The molecule has 0 saturated carbocycles. The Labute approximate surface area is 169 Å². The summed E-state index contributed by atoms with van der Waals surface area (Å²) in [6.45, 7) is 6.84. The number of amides is 2. The first-order valence-electron chi connectivity index (χ1n) is 9.93. The van der Waals surface area contributed by atoms with E-state index in [1.807, 2.05) is 41.0 Å². The van der Waals surface area contributed by atoms with Crippen molar-refractivity contribution in [2.75, 3.05) is 37.6 Å². The van der Waals surface area contributed by atoms with Gasteiger partial charge in [0.1, 0.15) is 0 Å². The van der Waals surface area contributed by atoms with Crippen LogP contribution in [0.1, 0.15) is 40.3 Å². The number of thiazole rings is 1. The topological polar surface area (TPSA) is 56.8 Å². The lowest BCUT2D eigenvalue weighted by molar-refractivity contribution is -0.119. The fraction of sp³-hybridized carbons (Fsp3) is 0.476. The Kier molecular flexibility index (Phi) is 5.73. The quantitative estimate of drug-likeness (QED) is 0.795. The van der Waals surface area contributed by atoms with Gasteiger partial charge in [0.15, 0.2) is 0 Å². The Morgan fingerprint density at radius 2 is 1.82 bits per heavy atom. The Hall–Kier alpha value is -2.25. The van der Waals surface area contributed by atoms with Gasteiger partial charge >= 0.3 is 0 Å². The Morgan fingerprint density at radius 1 is 1.07 bits per heavy atom. The van der Waals surface area contributed by atoms with E-state index < -0.39 is 0 Å². The minimum Gasteiger partial charge on any atom is -0.336 e. The molecule has 6 nitrogen and oxygen atoms in total. The summed E-state index contributed by atoms with van der Waals surface area (Å²) in [5.41, 5.74) is 2.70. The first kappa shape index (κ1) is 19.1. The maximum Gasteiger partial charge on any atom is 0.253 e. The average molecular weight is 399 g/mol. The maximum absolute atomic E-state index is 12.8. The minimum atomic E-state index is 0.0701. The lowest BCUT2D eigenvalue weighted by Gasteiger charge is -2.34. The molecule has 0 aliphatic carbocycles. The number of carbonyl (C=O) groups is 2. The largest absolute Gasteiger partial charge is 0.336 e. The summed E-state index contributed by atoms with van der Waals surface area (Å²) >= 11 is 1.68. The number of piperazine rings is 1. The van der Waals surface area contributed by atoms with Crippen molar-refractivity contribution in [2.24, 2.45) is 0 Å². The van der Waals surface area contributed by atoms with Gasteiger partial charge in [-0.2, -0.15) is 0 Å². The number of nitrogens with zero attached hydrogens (tertiary/aromatic N) is 4. The minimum absolute atomic E-state index is 0.0701. The molecule has 0 atom stereocenters. The van der Waals surface area contributed by atoms with Crippen LogP contribution in [0.3, 0.4) is 0 Å². The van der Waals surface area contributed by atoms with Gasteiger partial charge in [-0.15, -0.1) is 11.3 Å². The van der Waals surface area contributed by atoms with Gasteiger partial charge in [0.25, 0.3) is 5.91 Å². The summed E-state index contributed by atoms with van der Waals surface area (Å²) in [5.74, 6) is 0.248. The van der Waals surface area contributed by atoms with Crippen LogP contribution in [0.4, 0.5) is 5.69 Å². The van der Waals surface area contributed by atoms with Crippen molar-refractivity contribution in [1.29, 1.82) is 0 Å². The molecular weight excluding hydrogens is 372 g/mol. The van der Waals surface area contributed by atoms with Crippen molar-refractivity contribution < 1.29 is 9.59 Å². The lowest BCUT2D eigenvalue weighted by Crippen LogP contribution is -2.48. The summed E-state index contributed by atoms with van der Waals surface area (Å²) in [4.78, 5) is 35.5. The zero-order valence-corrected chi connectivity index (χ0v) is 17.1. The third kappa shape index (κ3) is 4.25. The normalized spacial score (nSPS) is 18.5. The number of rotatable bonds is 4. The fourth-order valence-corrected chi connectivity index (χ4v) is 4.47. The summed E-state index contributed by atoms with van der Waals surface area (Å²) in [6, 6.07) is 7.50. The molecule has 148 valence electrons. The summed E-state index contributed by atoms with van der Waals surface area (Å²) in [6.07, 6.45) is 2.63. The number of anilines is 1. The molecule has 0 unspecified atom stereocenters. The van der Waals surface area contributed by atoms with Gasteiger partial charge < -0.3 is 9.80 Å². The highest BCUT2D eigenvalue weighted by Gasteiger charge is 2.24. The second kappa shape index (κ2) is 8.41. The molecule has 0 spiro atoms. The van der Waals surface area contributed by atoms with Crippen molar-refractivity contribution in [3.05, 3.63) is 45.9 Å². The highest BCUT2D eigenvalue weighted by atomic mass is 32.1. The van der Waals surface area contributed by atoms with Crippen molar-refractivity contribution in [3.63, 3.8) is 0 Å². The van der Waals surface area contributed by atoms with Crippen LogP contribution in [-0.2, 0) is 11.3 Å². The molecule has 2 aliphatic rings. The maximum atomic E-state index is 12.8. The van der Waals surface area contributed by atoms with Crippen LogP contribution in [0, 0.1) is 6.92 Å². The van der Waals surface area contributed by atoms with Crippen LogP contribution in [0.5, 0.6) is 0 Å². The van der Waals surface area contributed by atoms with Crippen LogP contribution in [0.25, 0.3) is 0 Å².